The number of benzene rings is 1. The fourth-order valence-corrected chi connectivity index (χ4v) is 2.16. The van der Waals surface area contributed by atoms with Crippen molar-refractivity contribution < 1.29 is 9.47 Å². The zero-order valence-electron chi connectivity index (χ0n) is 13.4. The first-order valence-electron chi connectivity index (χ1n) is 7.64. The van der Waals surface area contributed by atoms with Gasteiger partial charge in [0.05, 0.1) is 13.7 Å². The summed E-state index contributed by atoms with van der Waals surface area (Å²) in [5, 5.41) is 3.25. The van der Waals surface area contributed by atoms with E-state index in [1.165, 1.54) is 24.8 Å². The number of unbranched alkanes of at least 4 members (excludes halogenated alkanes) is 3. The van der Waals surface area contributed by atoms with E-state index in [2.05, 4.69) is 31.3 Å². The van der Waals surface area contributed by atoms with E-state index >= 15 is 0 Å². The van der Waals surface area contributed by atoms with Gasteiger partial charge in [0, 0.05) is 18.2 Å². The lowest BCUT2D eigenvalue weighted by Crippen LogP contribution is -2.12. The Bertz CT molecular complexity index is 379. The first-order valence-corrected chi connectivity index (χ1v) is 7.64. The van der Waals surface area contributed by atoms with E-state index in [1.807, 2.05) is 13.1 Å². The minimum absolute atomic E-state index is 0.337. The van der Waals surface area contributed by atoms with E-state index in [0.29, 0.717) is 12.6 Å². The van der Waals surface area contributed by atoms with Gasteiger partial charge in [0.15, 0.2) is 0 Å². The molecule has 0 amide bonds. The average Bonchev–Trinajstić information content (AvgIpc) is 2.49. The number of nitrogens with one attached hydrogen (secondary N) is 1. The van der Waals surface area contributed by atoms with Crippen molar-refractivity contribution in [3.05, 3.63) is 29.3 Å². The van der Waals surface area contributed by atoms with E-state index in [4.69, 9.17) is 9.47 Å². The van der Waals surface area contributed by atoms with Gasteiger partial charge in [0.2, 0.25) is 0 Å². The fraction of sp³-hybridized carbons (Fsp3) is 0.647. The summed E-state index contributed by atoms with van der Waals surface area (Å²) in [7, 11) is 3.68. The highest BCUT2D eigenvalue weighted by Gasteiger charge is 2.08. The molecule has 0 radical (unpaired) electrons. The summed E-state index contributed by atoms with van der Waals surface area (Å²) in [6.07, 6.45) is 4.95. The Morgan fingerprint density at radius 1 is 1.20 bits per heavy atom. The van der Waals surface area contributed by atoms with Crippen LogP contribution in [0.3, 0.4) is 0 Å². The Labute approximate surface area is 123 Å². The van der Waals surface area contributed by atoms with Gasteiger partial charge >= 0.3 is 0 Å². The van der Waals surface area contributed by atoms with Crippen molar-refractivity contribution in [1.29, 1.82) is 0 Å². The number of hydrogen-bond acceptors (Lipinski definition) is 3. The van der Waals surface area contributed by atoms with Gasteiger partial charge in [-0.25, -0.2) is 0 Å². The highest BCUT2D eigenvalue weighted by molar-refractivity contribution is 5.38. The van der Waals surface area contributed by atoms with Crippen molar-refractivity contribution in [1.82, 2.24) is 5.32 Å². The molecule has 0 aliphatic carbocycles. The Balaban J connectivity index is 2.53. The van der Waals surface area contributed by atoms with Gasteiger partial charge in [-0.05, 0) is 38.1 Å². The largest absolute Gasteiger partial charge is 0.496 e. The van der Waals surface area contributed by atoms with Gasteiger partial charge in [0.25, 0.3) is 0 Å². The van der Waals surface area contributed by atoms with Crippen LogP contribution in [0.2, 0.25) is 0 Å². The van der Waals surface area contributed by atoms with Gasteiger partial charge in [0.1, 0.15) is 5.75 Å². The van der Waals surface area contributed by atoms with Crippen LogP contribution in [0.25, 0.3) is 0 Å². The third-order valence-electron chi connectivity index (χ3n) is 3.64. The average molecular weight is 279 g/mol. The second-order valence-electron chi connectivity index (χ2n) is 5.19. The maximum absolute atomic E-state index is 5.78. The van der Waals surface area contributed by atoms with Crippen LogP contribution in [0.5, 0.6) is 5.75 Å². The van der Waals surface area contributed by atoms with E-state index in [1.54, 1.807) is 7.11 Å². The standard InChI is InChI=1S/C17H29NO2/c1-5-6-7-8-11-20-13-16-12-15(14(2)18-3)9-10-17(16)19-4/h9-10,12,14,18H,5-8,11,13H2,1-4H3. The van der Waals surface area contributed by atoms with Gasteiger partial charge in [-0.2, -0.15) is 0 Å². The molecule has 1 aromatic rings. The maximum Gasteiger partial charge on any atom is 0.124 e. The van der Waals surface area contributed by atoms with Crippen molar-refractivity contribution in [3.8, 4) is 5.75 Å². The van der Waals surface area contributed by atoms with Crippen LogP contribution in [0.4, 0.5) is 0 Å². The third kappa shape index (κ3) is 5.51. The van der Waals surface area contributed by atoms with Gasteiger partial charge in [-0.1, -0.05) is 32.3 Å². The molecule has 0 aromatic heterocycles. The summed E-state index contributed by atoms with van der Waals surface area (Å²) >= 11 is 0. The zero-order valence-corrected chi connectivity index (χ0v) is 13.4. The molecule has 1 N–H and O–H groups in total. The van der Waals surface area contributed by atoms with Crippen molar-refractivity contribution in [2.45, 2.75) is 52.2 Å². The quantitative estimate of drug-likeness (QED) is 0.655. The molecule has 0 aliphatic heterocycles. The molecule has 0 aliphatic rings. The topological polar surface area (TPSA) is 30.5 Å². The van der Waals surface area contributed by atoms with Crippen LogP contribution in [0.1, 0.15) is 56.7 Å². The van der Waals surface area contributed by atoms with Crippen LogP contribution in [-0.4, -0.2) is 20.8 Å². The lowest BCUT2D eigenvalue weighted by Gasteiger charge is -2.15. The SMILES string of the molecule is CCCCCCOCc1cc(C(C)NC)ccc1OC. The van der Waals surface area contributed by atoms with Crippen LogP contribution in [0.15, 0.2) is 18.2 Å². The molecule has 114 valence electrons. The molecule has 1 unspecified atom stereocenters. The summed E-state index contributed by atoms with van der Waals surface area (Å²) in [5.41, 5.74) is 2.39. The molecule has 1 aromatic carbocycles. The number of methoxy groups -OCH3 is 1. The summed E-state index contributed by atoms with van der Waals surface area (Å²) in [6, 6.07) is 6.64. The third-order valence-corrected chi connectivity index (χ3v) is 3.64. The second kappa shape index (κ2) is 9.78. The minimum Gasteiger partial charge on any atom is -0.496 e. The molecule has 1 rings (SSSR count). The second-order valence-corrected chi connectivity index (χ2v) is 5.19. The summed E-state index contributed by atoms with van der Waals surface area (Å²) in [6.45, 7) is 5.83. The van der Waals surface area contributed by atoms with E-state index < -0.39 is 0 Å². The fourth-order valence-electron chi connectivity index (χ4n) is 2.16. The Morgan fingerprint density at radius 3 is 2.65 bits per heavy atom. The van der Waals surface area contributed by atoms with Gasteiger partial charge in [-0.15, -0.1) is 0 Å². The van der Waals surface area contributed by atoms with Crippen LogP contribution in [-0.2, 0) is 11.3 Å². The van der Waals surface area contributed by atoms with E-state index in [9.17, 15) is 0 Å². The highest BCUT2D eigenvalue weighted by atomic mass is 16.5. The monoisotopic (exact) mass is 279 g/mol. The Kier molecular flexibility index (Phi) is 8.31. The Morgan fingerprint density at radius 2 is 2.00 bits per heavy atom. The molecule has 0 spiro atoms. The highest BCUT2D eigenvalue weighted by Crippen LogP contribution is 2.24. The summed E-state index contributed by atoms with van der Waals surface area (Å²) < 4.78 is 11.2. The first-order chi connectivity index (χ1) is 9.72. The molecule has 1 atom stereocenters. The van der Waals surface area contributed by atoms with Crippen molar-refractivity contribution in [2.24, 2.45) is 0 Å². The zero-order chi connectivity index (χ0) is 14.8. The predicted octanol–water partition coefficient (Wildman–Crippen LogP) is 4.07. The molecule has 0 saturated heterocycles. The number of hydrogen-bond donors (Lipinski definition) is 1. The van der Waals surface area contributed by atoms with Crippen LogP contribution in [0, 0.1) is 0 Å². The lowest BCUT2D eigenvalue weighted by molar-refractivity contribution is 0.115. The van der Waals surface area contributed by atoms with Gasteiger partial charge < -0.3 is 14.8 Å². The van der Waals surface area contributed by atoms with E-state index in [0.717, 1.165) is 24.3 Å². The minimum atomic E-state index is 0.337. The lowest BCUT2D eigenvalue weighted by atomic mass is 10.0. The Hall–Kier alpha value is -1.06. The normalized spacial score (nSPS) is 12.4. The molecule has 3 nitrogen and oxygen atoms in total. The first kappa shape index (κ1) is 17.0. The molecular weight excluding hydrogens is 250 g/mol. The smallest absolute Gasteiger partial charge is 0.124 e. The molecule has 0 fully saturated rings. The molecule has 0 saturated carbocycles. The van der Waals surface area contributed by atoms with Crippen LogP contribution >= 0.6 is 0 Å². The molecule has 20 heavy (non-hydrogen) atoms. The van der Waals surface area contributed by atoms with E-state index in [-0.39, 0.29) is 0 Å². The predicted molar refractivity (Wildman–Crippen MR) is 84.3 cm³/mol. The molecule has 0 bridgehead atoms. The maximum atomic E-state index is 5.78. The molecule has 0 heterocycles. The van der Waals surface area contributed by atoms with Gasteiger partial charge in [-0.3, -0.25) is 0 Å². The summed E-state index contributed by atoms with van der Waals surface area (Å²) in [4.78, 5) is 0. The number of rotatable bonds is 10. The molecular formula is C17H29NO2. The summed E-state index contributed by atoms with van der Waals surface area (Å²) in [5.74, 6) is 0.908. The van der Waals surface area contributed by atoms with Crippen molar-refractivity contribution >= 4 is 0 Å². The van der Waals surface area contributed by atoms with Crippen LogP contribution < -0.4 is 10.1 Å². The van der Waals surface area contributed by atoms with Crippen molar-refractivity contribution in [3.63, 3.8) is 0 Å². The number of ether oxygens (including phenoxy) is 2. The van der Waals surface area contributed by atoms with Crippen molar-refractivity contribution in [2.75, 3.05) is 20.8 Å². The molecule has 3 heteroatoms.